The maximum absolute atomic E-state index is 12.9. The SMILES string of the molecule is COc1ccc(N2CCN(C(=O)NC3(c4ccccc4)CCC3)CC2)cc1. The summed E-state index contributed by atoms with van der Waals surface area (Å²) in [6.45, 7) is 3.17. The number of piperazine rings is 1. The van der Waals surface area contributed by atoms with E-state index in [-0.39, 0.29) is 11.6 Å². The van der Waals surface area contributed by atoms with Crippen molar-refractivity contribution < 1.29 is 9.53 Å². The van der Waals surface area contributed by atoms with Gasteiger partial charge in [-0.05, 0) is 49.1 Å². The van der Waals surface area contributed by atoms with Gasteiger partial charge in [0.1, 0.15) is 5.75 Å². The van der Waals surface area contributed by atoms with Crippen LogP contribution in [0.2, 0.25) is 0 Å². The number of amides is 2. The first-order chi connectivity index (χ1) is 13.2. The highest BCUT2D eigenvalue weighted by Gasteiger charge is 2.41. The Morgan fingerprint density at radius 3 is 2.19 bits per heavy atom. The number of benzene rings is 2. The number of anilines is 1. The topological polar surface area (TPSA) is 44.8 Å². The van der Waals surface area contributed by atoms with Crippen LogP contribution in [0, 0.1) is 0 Å². The Kier molecular flexibility index (Phi) is 4.92. The summed E-state index contributed by atoms with van der Waals surface area (Å²) in [6, 6.07) is 18.6. The van der Waals surface area contributed by atoms with Gasteiger partial charge in [0.2, 0.25) is 0 Å². The van der Waals surface area contributed by atoms with E-state index in [1.165, 1.54) is 17.7 Å². The van der Waals surface area contributed by atoms with E-state index in [9.17, 15) is 4.79 Å². The summed E-state index contributed by atoms with van der Waals surface area (Å²) in [7, 11) is 1.68. The molecule has 1 aliphatic heterocycles. The highest BCUT2D eigenvalue weighted by Crippen LogP contribution is 2.41. The van der Waals surface area contributed by atoms with Crippen molar-refractivity contribution in [3.05, 3.63) is 60.2 Å². The van der Waals surface area contributed by atoms with Gasteiger partial charge in [0.15, 0.2) is 0 Å². The van der Waals surface area contributed by atoms with Crippen molar-refractivity contribution >= 4 is 11.7 Å². The molecule has 0 spiro atoms. The number of hydrogen-bond donors (Lipinski definition) is 1. The van der Waals surface area contributed by atoms with Gasteiger partial charge < -0.3 is 19.9 Å². The molecule has 2 aromatic carbocycles. The average Bonchev–Trinajstić information content (AvgIpc) is 2.71. The maximum atomic E-state index is 12.9. The molecule has 2 fully saturated rings. The van der Waals surface area contributed by atoms with Gasteiger partial charge >= 0.3 is 6.03 Å². The zero-order chi connectivity index (χ0) is 18.7. The molecule has 5 nitrogen and oxygen atoms in total. The van der Waals surface area contributed by atoms with Crippen LogP contribution in [0.1, 0.15) is 24.8 Å². The van der Waals surface area contributed by atoms with E-state index in [0.717, 1.165) is 44.8 Å². The molecule has 1 saturated heterocycles. The van der Waals surface area contributed by atoms with Gasteiger partial charge in [0.05, 0.1) is 12.6 Å². The Bertz CT molecular complexity index is 764. The molecular weight excluding hydrogens is 338 g/mol. The molecule has 0 bridgehead atoms. The first-order valence-corrected chi connectivity index (χ1v) is 9.72. The Hall–Kier alpha value is -2.69. The Balaban J connectivity index is 1.36. The number of carbonyl (C=O) groups is 1. The largest absolute Gasteiger partial charge is 0.497 e. The minimum absolute atomic E-state index is 0.0629. The van der Waals surface area contributed by atoms with Gasteiger partial charge in [-0.15, -0.1) is 0 Å². The molecule has 0 atom stereocenters. The molecular formula is C22H27N3O2. The molecule has 4 rings (SSSR count). The minimum Gasteiger partial charge on any atom is -0.497 e. The quantitative estimate of drug-likeness (QED) is 0.900. The Labute approximate surface area is 160 Å². The van der Waals surface area contributed by atoms with E-state index in [1.807, 2.05) is 23.1 Å². The van der Waals surface area contributed by atoms with Gasteiger partial charge in [-0.3, -0.25) is 0 Å². The number of nitrogens with zero attached hydrogens (tertiary/aromatic N) is 2. The predicted octanol–water partition coefficient (Wildman–Crippen LogP) is 3.61. The van der Waals surface area contributed by atoms with Crippen molar-refractivity contribution in [1.29, 1.82) is 0 Å². The standard InChI is InChI=1S/C22H27N3O2/c1-27-20-10-8-19(9-11-20)24-14-16-25(17-15-24)21(26)23-22(12-5-13-22)18-6-3-2-4-7-18/h2-4,6-11H,5,12-17H2,1H3,(H,23,26). The minimum atomic E-state index is -0.175. The fourth-order valence-corrected chi connectivity index (χ4v) is 4.02. The summed E-state index contributed by atoms with van der Waals surface area (Å²) in [5.41, 5.74) is 2.22. The molecule has 0 radical (unpaired) electrons. The van der Waals surface area contributed by atoms with E-state index in [0.29, 0.717) is 0 Å². The van der Waals surface area contributed by atoms with Crippen LogP contribution in [0.3, 0.4) is 0 Å². The molecule has 2 aromatic rings. The molecule has 5 heteroatoms. The lowest BCUT2D eigenvalue weighted by Crippen LogP contribution is -2.58. The summed E-state index contributed by atoms with van der Waals surface area (Å²) in [5, 5.41) is 3.34. The van der Waals surface area contributed by atoms with Crippen molar-refractivity contribution in [2.45, 2.75) is 24.8 Å². The lowest BCUT2D eigenvalue weighted by atomic mass is 9.72. The normalized spacial score (nSPS) is 18.6. The maximum Gasteiger partial charge on any atom is 0.318 e. The number of urea groups is 1. The molecule has 0 unspecified atom stereocenters. The number of methoxy groups -OCH3 is 1. The van der Waals surface area contributed by atoms with Crippen LogP contribution in [-0.4, -0.2) is 44.2 Å². The third-order valence-electron chi connectivity index (χ3n) is 5.88. The summed E-state index contributed by atoms with van der Waals surface area (Å²) >= 11 is 0. The lowest BCUT2D eigenvalue weighted by molar-refractivity contribution is 0.147. The first kappa shape index (κ1) is 17.7. The van der Waals surface area contributed by atoms with Gasteiger partial charge in [-0.25, -0.2) is 4.79 Å². The van der Waals surface area contributed by atoms with Gasteiger partial charge in [0.25, 0.3) is 0 Å². The molecule has 0 aromatic heterocycles. The molecule has 1 aliphatic carbocycles. The first-order valence-electron chi connectivity index (χ1n) is 9.72. The van der Waals surface area contributed by atoms with Gasteiger partial charge in [-0.2, -0.15) is 0 Å². The second kappa shape index (κ2) is 7.51. The van der Waals surface area contributed by atoms with Crippen molar-refractivity contribution in [2.75, 3.05) is 38.2 Å². The lowest BCUT2D eigenvalue weighted by Gasteiger charge is -2.45. The monoisotopic (exact) mass is 365 g/mol. The summed E-state index contributed by atoms with van der Waals surface area (Å²) in [4.78, 5) is 17.2. The van der Waals surface area contributed by atoms with E-state index < -0.39 is 0 Å². The van der Waals surface area contributed by atoms with Crippen molar-refractivity contribution in [3.63, 3.8) is 0 Å². The molecule has 2 amide bonds. The van der Waals surface area contributed by atoms with Crippen molar-refractivity contribution in [2.24, 2.45) is 0 Å². The number of rotatable bonds is 4. The smallest absolute Gasteiger partial charge is 0.318 e. The number of nitrogens with one attached hydrogen (secondary N) is 1. The number of ether oxygens (including phenoxy) is 1. The fourth-order valence-electron chi connectivity index (χ4n) is 4.02. The zero-order valence-corrected chi connectivity index (χ0v) is 15.9. The molecule has 1 saturated carbocycles. The molecule has 142 valence electrons. The van der Waals surface area contributed by atoms with Gasteiger partial charge in [0, 0.05) is 31.9 Å². The highest BCUT2D eigenvalue weighted by molar-refractivity contribution is 5.76. The number of hydrogen-bond acceptors (Lipinski definition) is 3. The van der Waals surface area contributed by atoms with Crippen LogP contribution in [0.4, 0.5) is 10.5 Å². The fraction of sp³-hybridized carbons (Fsp3) is 0.409. The Morgan fingerprint density at radius 1 is 0.963 bits per heavy atom. The number of carbonyl (C=O) groups excluding carboxylic acids is 1. The van der Waals surface area contributed by atoms with Gasteiger partial charge in [-0.1, -0.05) is 30.3 Å². The van der Waals surface area contributed by atoms with E-state index in [1.54, 1.807) is 7.11 Å². The molecule has 1 N–H and O–H groups in total. The predicted molar refractivity (Wildman–Crippen MR) is 107 cm³/mol. The zero-order valence-electron chi connectivity index (χ0n) is 15.9. The summed E-state index contributed by atoms with van der Waals surface area (Å²) < 4.78 is 5.22. The van der Waals surface area contributed by atoms with Crippen molar-refractivity contribution in [1.82, 2.24) is 10.2 Å². The van der Waals surface area contributed by atoms with Crippen LogP contribution in [0.25, 0.3) is 0 Å². The van der Waals surface area contributed by atoms with Crippen LogP contribution in [-0.2, 0) is 5.54 Å². The second-order valence-electron chi connectivity index (χ2n) is 7.40. The highest BCUT2D eigenvalue weighted by atomic mass is 16.5. The third kappa shape index (κ3) is 3.59. The molecule has 1 heterocycles. The summed E-state index contributed by atoms with van der Waals surface area (Å²) in [6.07, 6.45) is 3.21. The van der Waals surface area contributed by atoms with E-state index in [2.05, 4.69) is 46.6 Å². The van der Waals surface area contributed by atoms with Crippen LogP contribution < -0.4 is 15.0 Å². The average molecular weight is 365 g/mol. The third-order valence-corrected chi connectivity index (χ3v) is 5.88. The second-order valence-corrected chi connectivity index (χ2v) is 7.40. The van der Waals surface area contributed by atoms with Crippen LogP contribution in [0.15, 0.2) is 54.6 Å². The van der Waals surface area contributed by atoms with Crippen molar-refractivity contribution in [3.8, 4) is 5.75 Å². The summed E-state index contributed by atoms with van der Waals surface area (Å²) in [5.74, 6) is 0.864. The molecule has 2 aliphatic rings. The van der Waals surface area contributed by atoms with Crippen LogP contribution >= 0.6 is 0 Å². The Morgan fingerprint density at radius 2 is 1.63 bits per heavy atom. The van der Waals surface area contributed by atoms with E-state index in [4.69, 9.17) is 4.74 Å². The van der Waals surface area contributed by atoms with Crippen LogP contribution in [0.5, 0.6) is 5.75 Å². The van der Waals surface area contributed by atoms with E-state index >= 15 is 0 Å². The molecule has 27 heavy (non-hydrogen) atoms.